The van der Waals surface area contributed by atoms with E-state index < -0.39 is 0 Å². The Hall–Kier alpha value is -1.38. The molecule has 0 aliphatic carbocycles. The van der Waals surface area contributed by atoms with Crippen LogP contribution in [0.3, 0.4) is 0 Å². The second kappa shape index (κ2) is 6.17. The predicted octanol–water partition coefficient (Wildman–Crippen LogP) is 2.42. The van der Waals surface area contributed by atoms with Gasteiger partial charge in [-0.25, -0.2) is 4.39 Å². The molecule has 0 atom stereocenters. The van der Waals surface area contributed by atoms with Crippen LogP contribution in [-0.4, -0.2) is 34.9 Å². The number of nitrogens with two attached hydrogens (primary N) is 1. The largest absolute Gasteiger partial charge is 0.409 e. The number of rotatable bonds is 2. The lowest BCUT2D eigenvalue weighted by atomic mass is 9.79. The molecule has 0 saturated carbocycles. The van der Waals surface area contributed by atoms with Crippen molar-refractivity contribution in [2.24, 2.45) is 16.3 Å². The maximum absolute atomic E-state index is 13.1. The van der Waals surface area contributed by atoms with E-state index in [1.807, 2.05) is 29.5 Å². The monoisotopic (exact) mass is 405 g/mol. The summed E-state index contributed by atoms with van der Waals surface area (Å²) in [5, 5.41) is 11.9. The highest BCUT2D eigenvalue weighted by atomic mass is 127. The molecule has 1 aliphatic rings. The third kappa shape index (κ3) is 3.28. The van der Waals surface area contributed by atoms with Crippen molar-refractivity contribution in [1.29, 1.82) is 0 Å². The lowest BCUT2D eigenvalue weighted by molar-refractivity contribution is 0.0665. The van der Waals surface area contributed by atoms with Crippen LogP contribution in [0.4, 0.5) is 4.39 Å². The summed E-state index contributed by atoms with van der Waals surface area (Å²) < 4.78 is 13.7. The molecule has 1 aromatic rings. The minimum atomic E-state index is -0.387. The summed E-state index contributed by atoms with van der Waals surface area (Å²) in [6, 6.07) is 4.15. The van der Waals surface area contributed by atoms with E-state index in [4.69, 9.17) is 10.9 Å². The first-order chi connectivity index (χ1) is 9.87. The molecule has 1 aromatic carbocycles. The van der Waals surface area contributed by atoms with Crippen molar-refractivity contribution in [2.45, 2.75) is 19.8 Å². The lowest BCUT2D eigenvalue weighted by Crippen LogP contribution is -2.47. The zero-order valence-electron chi connectivity index (χ0n) is 11.6. The van der Waals surface area contributed by atoms with Crippen molar-refractivity contribution in [3.8, 4) is 0 Å². The van der Waals surface area contributed by atoms with Gasteiger partial charge in [0.15, 0.2) is 0 Å². The van der Waals surface area contributed by atoms with Gasteiger partial charge in [0.05, 0.1) is 5.56 Å². The number of nitrogens with zero attached hydrogens (tertiary/aromatic N) is 2. The molecule has 21 heavy (non-hydrogen) atoms. The fourth-order valence-corrected chi connectivity index (χ4v) is 3.12. The van der Waals surface area contributed by atoms with Gasteiger partial charge in [0.2, 0.25) is 0 Å². The van der Waals surface area contributed by atoms with E-state index in [1.54, 1.807) is 4.90 Å². The zero-order chi connectivity index (χ0) is 15.6. The van der Waals surface area contributed by atoms with Crippen molar-refractivity contribution in [3.05, 3.63) is 33.1 Å². The zero-order valence-corrected chi connectivity index (χ0v) is 13.8. The van der Waals surface area contributed by atoms with Crippen molar-refractivity contribution in [1.82, 2.24) is 4.90 Å². The number of carbonyl (C=O) groups excluding carboxylic acids is 1. The molecule has 1 amide bonds. The normalized spacial score (nSPS) is 18.6. The number of likely N-dealkylation sites (tertiary alicyclic amines) is 1. The van der Waals surface area contributed by atoms with Crippen LogP contribution in [0.1, 0.15) is 30.1 Å². The van der Waals surface area contributed by atoms with Gasteiger partial charge in [0.1, 0.15) is 11.7 Å². The van der Waals surface area contributed by atoms with Gasteiger partial charge in [-0.2, -0.15) is 0 Å². The minimum Gasteiger partial charge on any atom is -0.409 e. The fourth-order valence-electron chi connectivity index (χ4n) is 2.41. The lowest BCUT2D eigenvalue weighted by Gasteiger charge is -2.38. The second-order valence-electron chi connectivity index (χ2n) is 5.46. The maximum atomic E-state index is 13.1. The van der Waals surface area contributed by atoms with E-state index in [0.29, 0.717) is 35.1 Å². The third-order valence-electron chi connectivity index (χ3n) is 4.04. The van der Waals surface area contributed by atoms with Gasteiger partial charge in [-0.3, -0.25) is 4.79 Å². The Kier molecular flexibility index (Phi) is 4.70. The van der Waals surface area contributed by atoms with Gasteiger partial charge >= 0.3 is 0 Å². The Morgan fingerprint density at radius 2 is 2.10 bits per heavy atom. The molecule has 0 bridgehead atoms. The van der Waals surface area contributed by atoms with E-state index >= 15 is 0 Å². The van der Waals surface area contributed by atoms with Gasteiger partial charge in [0, 0.05) is 22.1 Å². The summed E-state index contributed by atoms with van der Waals surface area (Å²) in [6.07, 6.45) is 1.26. The minimum absolute atomic E-state index is 0.110. The number of hydrogen-bond donors (Lipinski definition) is 2. The van der Waals surface area contributed by atoms with Gasteiger partial charge in [0.25, 0.3) is 5.91 Å². The number of amidine groups is 1. The van der Waals surface area contributed by atoms with Crippen LogP contribution < -0.4 is 5.73 Å². The average Bonchev–Trinajstić information content (AvgIpc) is 2.46. The van der Waals surface area contributed by atoms with E-state index in [0.717, 1.165) is 0 Å². The van der Waals surface area contributed by atoms with Crippen molar-refractivity contribution < 1.29 is 14.4 Å². The van der Waals surface area contributed by atoms with Crippen LogP contribution in [0, 0.1) is 14.8 Å². The number of hydrogen-bond acceptors (Lipinski definition) is 3. The molecule has 1 heterocycles. The first-order valence-electron chi connectivity index (χ1n) is 6.60. The Balaban J connectivity index is 2.10. The highest BCUT2D eigenvalue weighted by Crippen LogP contribution is 2.32. The fraction of sp³-hybridized carbons (Fsp3) is 0.429. The SMILES string of the molecule is CC1(/C(N)=N/O)CCN(C(=O)c2ccc(F)cc2I)CC1. The average molecular weight is 405 g/mol. The van der Waals surface area contributed by atoms with E-state index in [1.165, 1.54) is 18.2 Å². The molecule has 0 unspecified atom stereocenters. The molecule has 0 radical (unpaired) electrons. The molecule has 0 aromatic heterocycles. The molecule has 1 fully saturated rings. The molecular formula is C14H17FIN3O2. The molecule has 1 aliphatic heterocycles. The number of halogens is 2. The Morgan fingerprint density at radius 3 is 2.62 bits per heavy atom. The summed E-state index contributed by atoms with van der Waals surface area (Å²) in [5.74, 6) is -0.263. The predicted molar refractivity (Wildman–Crippen MR) is 85.8 cm³/mol. The number of carbonyl (C=O) groups is 1. The third-order valence-corrected chi connectivity index (χ3v) is 4.93. The number of piperidine rings is 1. The van der Waals surface area contributed by atoms with Crippen molar-refractivity contribution >= 4 is 34.3 Å². The van der Waals surface area contributed by atoms with Crippen molar-refractivity contribution in [3.63, 3.8) is 0 Å². The Morgan fingerprint density at radius 1 is 1.48 bits per heavy atom. The summed E-state index contributed by atoms with van der Waals surface area (Å²) >= 11 is 1.96. The van der Waals surface area contributed by atoms with E-state index in [2.05, 4.69) is 5.16 Å². The molecule has 5 nitrogen and oxygen atoms in total. The van der Waals surface area contributed by atoms with Gasteiger partial charge in [-0.15, -0.1) is 0 Å². The summed E-state index contributed by atoms with van der Waals surface area (Å²) in [7, 11) is 0. The van der Waals surface area contributed by atoms with Crippen molar-refractivity contribution in [2.75, 3.05) is 13.1 Å². The molecule has 0 spiro atoms. The van der Waals surface area contributed by atoms with Crippen LogP contribution in [0.2, 0.25) is 0 Å². The number of benzene rings is 1. The summed E-state index contributed by atoms with van der Waals surface area (Å²) in [4.78, 5) is 14.2. The van der Waals surface area contributed by atoms with Gasteiger partial charge in [-0.05, 0) is 53.6 Å². The topological polar surface area (TPSA) is 78.9 Å². The molecule has 7 heteroatoms. The van der Waals surface area contributed by atoms with E-state index in [9.17, 15) is 9.18 Å². The molecule has 2 rings (SSSR count). The van der Waals surface area contributed by atoms with Crippen LogP contribution in [-0.2, 0) is 0 Å². The van der Waals surface area contributed by atoms with Crippen LogP contribution in [0.15, 0.2) is 23.4 Å². The molecule has 114 valence electrons. The van der Waals surface area contributed by atoms with Crippen LogP contribution in [0.25, 0.3) is 0 Å². The van der Waals surface area contributed by atoms with Gasteiger partial charge in [-0.1, -0.05) is 12.1 Å². The van der Waals surface area contributed by atoms with Gasteiger partial charge < -0.3 is 15.8 Å². The molecule has 3 N–H and O–H groups in total. The maximum Gasteiger partial charge on any atom is 0.254 e. The smallest absolute Gasteiger partial charge is 0.254 e. The Labute approximate surface area is 136 Å². The summed E-state index contributed by atoms with van der Waals surface area (Å²) in [6.45, 7) is 2.98. The van der Waals surface area contributed by atoms with E-state index in [-0.39, 0.29) is 23.0 Å². The number of oxime groups is 1. The summed E-state index contributed by atoms with van der Waals surface area (Å²) in [5.41, 5.74) is 5.83. The first-order valence-corrected chi connectivity index (χ1v) is 7.67. The number of amides is 1. The molecular weight excluding hydrogens is 388 g/mol. The quantitative estimate of drug-likeness (QED) is 0.261. The Bertz CT molecular complexity index is 584. The highest BCUT2D eigenvalue weighted by Gasteiger charge is 2.36. The highest BCUT2D eigenvalue weighted by molar-refractivity contribution is 14.1. The first kappa shape index (κ1) is 16.0. The second-order valence-corrected chi connectivity index (χ2v) is 6.62. The van der Waals surface area contributed by atoms with Crippen LogP contribution >= 0.6 is 22.6 Å². The molecule has 1 saturated heterocycles. The standard InChI is InChI=1S/C14H17FIN3O2/c1-14(13(17)18-21)4-6-19(7-5-14)12(20)10-3-2-9(15)8-11(10)16/h2-3,8,21H,4-7H2,1H3,(H2,17,18). The van der Waals surface area contributed by atoms with Crippen LogP contribution in [0.5, 0.6) is 0 Å².